The molecule has 0 amide bonds. The molecule has 92 valence electrons. The van der Waals surface area contributed by atoms with Crippen molar-refractivity contribution in [2.24, 2.45) is 0 Å². The van der Waals surface area contributed by atoms with Crippen LogP contribution in [0.25, 0.3) is 23.3 Å². The van der Waals surface area contributed by atoms with Crippen molar-refractivity contribution in [2.45, 2.75) is 13.8 Å². The third-order valence-corrected chi connectivity index (χ3v) is 2.63. The van der Waals surface area contributed by atoms with Gasteiger partial charge in [0, 0.05) is 0 Å². The summed E-state index contributed by atoms with van der Waals surface area (Å²) in [5.74, 6) is 0. The average molecular weight is 236 g/mol. The maximum absolute atomic E-state index is 3.74. The van der Waals surface area contributed by atoms with Gasteiger partial charge < -0.3 is 0 Å². The normalized spacial score (nSPS) is 9.00. The highest BCUT2D eigenvalue weighted by atomic mass is 14.0. The molecule has 2 rings (SSSR count). The first-order chi connectivity index (χ1) is 8.83. The van der Waals surface area contributed by atoms with Gasteiger partial charge in [-0.1, -0.05) is 87.7 Å². The number of benzene rings is 2. The van der Waals surface area contributed by atoms with Gasteiger partial charge in [-0.05, 0) is 22.3 Å². The Hall–Kier alpha value is -2.08. The summed E-state index contributed by atoms with van der Waals surface area (Å²) in [5, 5.41) is 0. The van der Waals surface area contributed by atoms with Crippen molar-refractivity contribution >= 4 is 12.2 Å². The predicted octanol–water partition coefficient (Wildman–Crippen LogP) is 5.67. The van der Waals surface area contributed by atoms with Crippen LogP contribution in [0.1, 0.15) is 25.0 Å². The number of hydrogen-bond acceptors (Lipinski definition) is 0. The molecule has 0 aliphatic rings. The lowest BCUT2D eigenvalue weighted by Gasteiger charge is -2.02. The Labute approximate surface area is 110 Å². The molecule has 0 bridgehead atoms. The summed E-state index contributed by atoms with van der Waals surface area (Å²) in [7, 11) is 0. The zero-order valence-corrected chi connectivity index (χ0v) is 11.2. The number of rotatable bonds is 3. The molecule has 0 aromatic heterocycles. The average Bonchev–Trinajstić information content (AvgIpc) is 2.49. The molecule has 0 saturated heterocycles. The van der Waals surface area contributed by atoms with Gasteiger partial charge >= 0.3 is 0 Å². The summed E-state index contributed by atoms with van der Waals surface area (Å²) in [4.78, 5) is 0. The van der Waals surface area contributed by atoms with E-state index in [-0.39, 0.29) is 0 Å². The van der Waals surface area contributed by atoms with E-state index in [0.29, 0.717) is 0 Å². The topological polar surface area (TPSA) is 0 Å². The van der Waals surface area contributed by atoms with Crippen LogP contribution in [0.3, 0.4) is 0 Å². The molecule has 0 heterocycles. The second kappa shape index (κ2) is 7.29. The van der Waals surface area contributed by atoms with Crippen molar-refractivity contribution in [3.05, 3.63) is 72.8 Å². The van der Waals surface area contributed by atoms with Crippen molar-refractivity contribution in [3.63, 3.8) is 0 Å². The minimum absolute atomic E-state index is 1.14. The van der Waals surface area contributed by atoms with E-state index in [0.717, 1.165) is 11.1 Å². The largest absolute Gasteiger partial charge is 0.0985 e. The molecule has 0 radical (unpaired) electrons. The van der Waals surface area contributed by atoms with Crippen LogP contribution < -0.4 is 0 Å². The van der Waals surface area contributed by atoms with Crippen LogP contribution in [0.5, 0.6) is 0 Å². The van der Waals surface area contributed by atoms with Gasteiger partial charge in [-0.3, -0.25) is 0 Å². The van der Waals surface area contributed by atoms with E-state index in [9.17, 15) is 0 Å². The van der Waals surface area contributed by atoms with Gasteiger partial charge in [0.1, 0.15) is 0 Å². The highest BCUT2D eigenvalue weighted by Crippen LogP contribution is 2.20. The van der Waals surface area contributed by atoms with Crippen LogP contribution in [0.15, 0.2) is 61.7 Å². The molecule has 0 N–H and O–H groups in total. The fourth-order valence-corrected chi connectivity index (χ4v) is 1.62. The fourth-order valence-electron chi connectivity index (χ4n) is 1.62. The minimum Gasteiger partial charge on any atom is -0.0985 e. The van der Waals surface area contributed by atoms with Crippen LogP contribution in [0, 0.1) is 0 Å². The monoisotopic (exact) mass is 236 g/mol. The van der Waals surface area contributed by atoms with E-state index in [4.69, 9.17) is 0 Å². The zero-order valence-electron chi connectivity index (χ0n) is 11.2. The van der Waals surface area contributed by atoms with E-state index in [2.05, 4.69) is 61.7 Å². The molecule has 0 spiro atoms. The third-order valence-electron chi connectivity index (χ3n) is 2.63. The standard InChI is InChI=1S/C16H14.C2H6/c1-3-13-5-9-15(10-6-13)16-11-7-14(4-2)8-12-16;1-2/h3-12H,1-2H2;1-2H3. The lowest BCUT2D eigenvalue weighted by Crippen LogP contribution is -1.79. The van der Waals surface area contributed by atoms with E-state index >= 15 is 0 Å². The smallest absolute Gasteiger partial charge is 0.0184 e. The first-order valence-electron chi connectivity index (χ1n) is 6.29. The van der Waals surface area contributed by atoms with E-state index in [1.165, 1.54) is 11.1 Å². The SMILES string of the molecule is C=Cc1ccc(-c2ccc(C=C)cc2)cc1.CC. The van der Waals surface area contributed by atoms with Crippen molar-refractivity contribution in [3.8, 4) is 11.1 Å². The van der Waals surface area contributed by atoms with Gasteiger partial charge in [-0.25, -0.2) is 0 Å². The second-order valence-electron chi connectivity index (χ2n) is 3.65. The molecule has 0 saturated carbocycles. The molecule has 2 aromatic carbocycles. The highest BCUT2D eigenvalue weighted by Gasteiger charge is 1.96. The summed E-state index contributed by atoms with van der Waals surface area (Å²) in [6.45, 7) is 11.5. The van der Waals surface area contributed by atoms with Gasteiger partial charge in [0.2, 0.25) is 0 Å². The molecular weight excluding hydrogens is 216 g/mol. The molecule has 0 aliphatic heterocycles. The van der Waals surface area contributed by atoms with Crippen LogP contribution in [-0.4, -0.2) is 0 Å². The maximum atomic E-state index is 3.74. The molecule has 0 aliphatic carbocycles. The van der Waals surface area contributed by atoms with Crippen LogP contribution in [0.2, 0.25) is 0 Å². The molecule has 0 atom stereocenters. The molecular formula is C18H20. The molecule has 0 unspecified atom stereocenters. The first-order valence-corrected chi connectivity index (χ1v) is 6.29. The number of hydrogen-bond donors (Lipinski definition) is 0. The summed E-state index contributed by atoms with van der Waals surface area (Å²) in [6.07, 6.45) is 3.70. The summed E-state index contributed by atoms with van der Waals surface area (Å²) in [6, 6.07) is 16.7. The van der Waals surface area contributed by atoms with Crippen molar-refractivity contribution < 1.29 is 0 Å². The van der Waals surface area contributed by atoms with Crippen molar-refractivity contribution in [1.82, 2.24) is 0 Å². The molecule has 0 heteroatoms. The Morgan fingerprint density at radius 1 is 0.611 bits per heavy atom. The lowest BCUT2D eigenvalue weighted by atomic mass is 10.0. The zero-order chi connectivity index (χ0) is 13.4. The molecule has 0 nitrogen and oxygen atoms in total. The van der Waals surface area contributed by atoms with Gasteiger partial charge in [-0.15, -0.1) is 0 Å². The van der Waals surface area contributed by atoms with Gasteiger partial charge in [0.05, 0.1) is 0 Å². The maximum Gasteiger partial charge on any atom is -0.0184 e. The predicted molar refractivity (Wildman–Crippen MR) is 83.4 cm³/mol. The lowest BCUT2D eigenvalue weighted by molar-refractivity contribution is 1.50. The van der Waals surface area contributed by atoms with Crippen LogP contribution in [0.4, 0.5) is 0 Å². The quantitative estimate of drug-likeness (QED) is 0.644. The molecule has 18 heavy (non-hydrogen) atoms. The first kappa shape index (κ1) is 14.0. The van der Waals surface area contributed by atoms with Gasteiger partial charge in [0.15, 0.2) is 0 Å². The van der Waals surface area contributed by atoms with E-state index < -0.39 is 0 Å². The minimum atomic E-state index is 1.14. The summed E-state index contributed by atoms with van der Waals surface area (Å²) in [5.41, 5.74) is 4.74. The van der Waals surface area contributed by atoms with E-state index in [1.807, 2.05) is 26.0 Å². The van der Waals surface area contributed by atoms with E-state index in [1.54, 1.807) is 0 Å². The molecule has 0 fully saturated rings. The van der Waals surface area contributed by atoms with Gasteiger partial charge in [-0.2, -0.15) is 0 Å². The summed E-state index contributed by atoms with van der Waals surface area (Å²) >= 11 is 0. The Bertz CT molecular complexity index is 437. The molecule has 2 aromatic rings. The van der Waals surface area contributed by atoms with Crippen LogP contribution in [-0.2, 0) is 0 Å². The second-order valence-corrected chi connectivity index (χ2v) is 3.65. The third kappa shape index (κ3) is 3.46. The summed E-state index contributed by atoms with van der Waals surface area (Å²) < 4.78 is 0. The Balaban J connectivity index is 0.000000771. The Morgan fingerprint density at radius 2 is 0.889 bits per heavy atom. The Kier molecular flexibility index (Phi) is 5.66. The Morgan fingerprint density at radius 3 is 1.11 bits per heavy atom. The van der Waals surface area contributed by atoms with Crippen LogP contribution >= 0.6 is 0 Å². The highest BCUT2D eigenvalue weighted by molar-refractivity contribution is 5.67. The van der Waals surface area contributed by atoms with Gasteiger partial charge in [0.25, 0.3) is 0 Å². The fraction of sp³-hybridized carbons (Fsp3) is 0.111. The van der Waals surface area contributed by atoms with Crippen molar-refractivity contribution in [2.75, 3.05) is 0 Å². The van der Waals surface area contributed by atoms with Crippen molar-refractivity contribution in [1.29, 1.82) is 0 Å².